The molecule has 0 spiro atoms. The minimum absolute atomic E-state index is 0.0450. The first kappa shape index (κ1) is 61.9. The molecule has 87 heavy (non-hydrogen) atoms. The van der Waals surface area contributed by atoms with Gasteiger partial charge in [-0.25, -0.2) is 0 Å². The minimum atomic E-state index is -0.104. The van der Waals surface area contributed by atoms with Crippen LogP contribution in [-0.4, -0.2) is 0 Å². The molecule has 0 bridgehead atoms. The first-order chi connectivity index (χ1) is 42.8. The molecule has 0 saturated carbocycles. The average molecular weight is 1150 g/mol. The van der Waals surface area contributed by atoms with Crippen LogP contribution in [0, 0.1) is 13.8 Å². The van der Waals surface area contributed by atoms with E-state index in [-0.39, 0.29) is 10.8 Å². The Morgan fingerprint density at radius 3 is 1.16 bits per heavy atom. The molecule has 0 saturated heterocycles. The second-order valence-electron chi connectivity index (χ2n) is 26.9. The van der Waals surface area contributed by atoms with Gasteiger partial charge in [0.15, 0.2) is 0 Å². The lowest BCUT2D eigenvalue weighted by molar-refractivity contribution is 0.398. The van der Waals surface area contributed by atoms with Crippen molar-refractivity contribution in [2.24, 2.45) is 0 Å². The minimum Gasteiger partial charge on any atom is -0.310 e. The summed E-state index contributed by atoms with van der Waals surface area (Å²) in [6.45, 7) is 13.9. The lowest BCUT2D eigenvalue weighted by Crippen LogP contribution is -2.26. The molecule has 0 aliphatic heterocycles. The number of fused-ring (bicyclic) bond motifs is 9. The van der Waals surface area contributed by atoms with Gasteiger partial charge in [-0.05, 0) is 182 Å². The monoisotopic (exact) mass is 1150 g/mol. The van der Waals surface area contributed by atoms with Gasteiger partial charge in [-0.2, -0.15) is 0 Å². The molecule has 9 aromatic carbocycles. The quantitative estimate of drug-likeness (QED) is 0.0293. The maximum absolute atomic E-state index is 2.67. The fourth-order valence-electron chi connectivity index (χ4n) is 16.0. The first-order valence-corrected chi connectivity index (χ1v) is 35.2. The Labute approximate surface area is 526 Å². The van der Waals surface area contributed by atoms with E-state index in [0.29, 0.717) is 0 Å². The van der Waals surface area contributed by atoms with Crippen molar-refractivity contribution in [3.8, 4) is 44.5 Å². The van der Waals surface area contributed by atoms with Gasteiger partial charge in [0.25, 0.3) is 0 Å². The van der Waals surface area contributed by atoms with E-state index in [9.17, 15) is 0 Å². The largest absolute Gasteiger partial charge is 0.310 e. The SMILES string of the molecule is CCCCCCCCC1(CCCCCCCC)c2cc(C)ccc2-c2ccc(-c3ccc(N(c4ccc(C)cc4)c4ccc5c(c4)C(CCCCCCCC)(CCCCCCCC)c4cc(-c6cc7ccccc7c7ccccc67)ccc4-5)cc3)cc21. The molecular weight excluding hydrogens is 1050 g/mol. The van der Waals surface area contributed by atoms with Crippen molar-refractivity contribution >= 4 is 38.6 Å². The number of hydrogen-bond donors (Lipinski definition) is 0. The number of nitrogens with zero attached hydrogens (tertiary/aromatic N) is 1. The molecule has 1 nitrogen and oxygen atoms in total. The Kier molecular flexibility index (Phi) is 21.0. The van der Waals surface area contributed by atoms with Crippen LogP contribution in [0.3, 0.4) is 0 Å². The van der Waals surface area contributed by atoms with Crippen LogP contribution >= 0.6 is 0 Å². The highest BCUT2D eigenvalue weighted by Gasteiger charge is 2.44. The second kappa shape index (κ2) is 29.5. The molecule has 0 amide bonds. The molecule has 2 aliphatic rings. The van der Waals surface area contributed by atoms with Gasteiger partial charge < -0.3 is 4.90 Å². The molecule has 2 aliphatic carbocycles. The number of unbranched alkanes of at least 4 members (excludes halogenated alkanes) is 20. The predicted molar refractivity (Wildman–Crippen MR) is 381 cm³/mol. The molecule has 11 rings (SSSR count). The van der Waals surface area contributed by atoms with Crippen molar-refractivity contribution in [2.75, 3.05) is 4.90 Å². The van der Waals surface area contributed by atoms with Gasteiger partial charge in [-0.15, -0.1) is 0 Å². The molecule has 0 aromatic heterocycles. The molecule has 0 N–H and O–H groups in total. The lowest BCUT2D eigenvalue weighted by atomic mass is 9.70. The smallest absolute Gasteiger partial charge is 0.0465 e. The third-order valence-corrected chi connectivity index (χ3v) is 20.8. The molecule has 0 radical (unpaired) electrons. The van der Waals surface area contributed by atoms with Crippen LogP contribution in [-0.2, 0) is 10.8 Å². The first-order valence-electron chi connectivity index (χ1n) is 35.2. The fraction of sp³-hybridized carbons (Fsp3) is 0.419. The zero-order chi connectivity index (χ0) is 60.0. The zero-order valence-electron chi connectivity index (χ0n) is 54.5. The molecule has 0 fully saturated rings. The summed E-state index contributed by atoms with van der Waals surface area (Å²) in [6, 6.07) is 69.8. The van der Waals surface area contributed by atoms with E-state index in [0.717, 1.165) is 0 Å². The molecule has 0 heterocycles. The Balaban J connectivity index is 0.990. The highest BCUT2D eigenvalue weighted by Crippen LogP contribution is 2.58. The third kappa shape index (κ3) is 13.5. The Bertz CT molecular complexity index is 3650. The van der Waals surface area contributed by atoms with Crippen LogP contribution in [0.4, 0.5) is 17.1 Å². The van der Waals surface area contributed by atoms with Crippen LogP contribution in [0.15, 0.2) is 176 Å². The summed E-state index contributed by atoms with van der Waals surface area (Å²) in [7, 11) is 0. The van der Waals surface area contributed by atoms with Gasteiger partial charge in [0.1, 0.15) is 0 Å². The zero-order valence-corrected chi connectivity index (χ0v) is 54.5. The van der Waals surface area contributed by atoms with E-state index in [4.69, 9.17) is 0 Å². The van der Waals surface area contributed by atoms with Crippen LogP contribution in [0.25, 0.3) is 66.1 Å². The molecule has 452 valence electrons. The van der Waals surface area contributed by atoms with E-state index < -0.39 is 0 Å². The van der Waals surface area contributed by atoms with Crippen LogP contribution in [0.1, 0.15) is 241 Å². The summed E-state index contributed by atoms with van der Waals surface area (Å²) >= 11 is 0. The third-order valence-electron chi connectivity index (χ3n) is 20.8. The Morgan fingerprint density at radius 1 is 0.264 bits per heavy atom. The van der Waals surface area contributed by atoms with E-state index in [2.05, 4.69) is 222 Å². The maximum Gasteiger partial charge on any atom is 0.0465 e. The van der Waals surface area contributed by atoms with Gasteiger partial charge in [-0.3, -0.25) is 0 Å². The van der Waals surface area contributed by atoms with Gasteiger partial charge in [0, 0.05) is 27.9 Å². The highest BCUT2D eigenvalue weighted by molar-refractivity contribution is 6.14. The summed E-state index contributed by atoms with van der Waals surface area (Å²) in [5, 5.41) is 5.31. The standard InChI is InChI=1S/C86H103N/c1-7-11-15-19-23-31-55-85(56-32-24-20-16-12-8-2)81-59-65(6)41-51-76(81)77-52-44-67(61-82(77)85)66-42-48-71(49-43-66)87(70-46-39-64(5)40-47-70)72-50-54-79-78-53-45-69(80-60-68-35-27-28-36-73(68)74-37-29-30-38-75(74)80)62-83(78)86(84(79)63-72,57-33-25-21-17-13-9-3)58-34-26-22-18-14-10-4/h27-30,35-54,59-63H,7-26,31-34,55-58H2,1-6H3. The Morgan fingerprint density at radius 2 is 0.632 bits per heavy atom. The average Bonchev–Trinajstić information content (AvgIpc) is 1.72. The van der Waals surface area contributed by atoms with Gasteiger partial charge in [0.2, 0.25) is 0 Å². The number of benzene rings is 9. The number of aryl methyl sites for hydroxylation is 2. The van der Waals surface area contributed by atoms with Crippen LogP contribution in [0.5, 0.6) is 0 Å². The van der Waals surface area contributed by atoms with Gasteiger partial charge in [0.05, 0.1) is 0 Å². The van der Waals surface area contributed by atoms with E-state index in [1.165, 1.54) is 280 Å². The van der Waals surface area contributed by atoms with Crippen LogP contribution in [0.2, 0.25) is 0 Å². The summed E-state index contributed by atoms with van der Waals surface area (Å²) in [5.74, 6) is 0. The van der Waals surface area contributed by atoms with E-state index >= 15 is 0 Å². The number of hydrogen-bond acceptors (Lipinski definition) is 1. The maximum atomic E-state index is 2.67. The lowest BCUT2D eigenvalue weighted by Gasteiger charge is -2.34. The van der Waals surface area contributed by atoms with Gasteiger partial charge in [-0.1, -0.05) is 314 Å². The summed E-state index contributed by atoms with van der Waals surface area (Å²) < 4.78 is 0. The Hall–Kier alpha value is -6.70. The predicted octanol–water partition coefficient (Wildman–Crippen LogP) is 26.9. The van der Waals surface area contributed by atoms with E-state index in [1.54, 1.807) is 16.7 Å². The normalized spacial score (nSPS) is 13.5. The summed E-state index contributed by atoms with van der Waals surface area (Å²) in [4.78, 5) is 2.56. The molecular formula is C86H103N. The van der Waals surface area contributed by atoms with Crippen molar-refractivity contribution in [3.63, 3.8) is 0 Å². The van der Waals surface area contributed by atoms with Crippen molar-refractivity contribution in [2.45, 2.75) is 232 Å². The van der Waals surface area contributed by atoms with Crippen molar-refractivity contribution in [1.29, 1.82) is 0 Å². The highest BCUT2D eigenvalue weighted by atomic mass is 15.1. The molecule has 9 aromatic rings. The molecule has 0 unspecified atom stereocenters. The second-order valence-corrected chi connectivity index (χ2v) is 26.9. The summed E-state index contributed by atoms with van der Waals surface area (Å²) in [5.41, 5.74) is 23.6. The fourth-order valence-corrected chi connectivity index (χ4v) is 16.0. The molecule has 1 heteroatoms. The number of anilines is 3. The van der Waals surface area contributed by atoms with Crippen molar-refractivity contribution < 1.29 is 0 Å². The van der Waals surface area contributed by atoms with Gasteiger partial charge >= 0.3 is 0 Å². The topological polar surface area (TPSA) is 3.24 Å². The van der Waals surface area contributed by atoms with Crippen LogP contribution < -0.4 is 4.90 Å². The number of rotatable bonds is 33. The summed E-state index contributed by atoms with van der Waals surface area (Å²) in [6.07, 6.45) is 36.4. The van der Waals surface area contributed by atoms with Crippen molar-refractivity contribution in [3.05, 3.63) is 209 Å². The van der Waals surface area contributed by atoms with E-state index in [1.807, 2.05) is 0 Å². The molecule has 0 atom stereocenters. The van der Waals surface area contributed by atoms with Crippen molar-refractivity contribution in [1.82, 2.24) is 0 Å².